The second-order valence-corrected chi connectivity index (χ2v) is 5.09. The summed E-state index contributed by atoms with van der Waals surface area (Å²) in [5, 5.41) is 8.23. The first-order valence-corrected chi connectivity index (χ1v) is 6.91. The smallest absolute Gasteiger partial charge is 0.257 e. The van der Waals surface area contributed by atoms with Crippen LogP contribution in [-0.2, 0) is 4.79 Å². The molecule has 0 spiro atoms. The van der Waals surface area contributed by atoms with Crippen molar-refractivity contribution in [1.82, 2.24) is 10.6 Å². The number of ether oxygens (including phenoxy) is 1. The number of benzene rings is 2. The number of nitrogens with one attached hydrogen (secondary N) is 2. The lowest BCUT2D eigenvalue weighted by Crippen LogP contribution is -2.48. The van der Waals surface area contributed by atoms with Crippen LogP contribution >= 0.6 is 0 Å². The van der Waals surface area contributed by atoms with E-state index in [1.54, 1.807) is 0 Å². The van der Waals surface area contributed by atoms with E-state index >= 15 is 0 Å². The number of amides is 1. The van der Waals surface area contributed by atoms with Crippen molar-refractivity contribution >= 4 is 16.7 Å². The molecule has 2 N–H and O–H groups in total. The normalized spacial score (nSPS) is 14.8. The van der Waals surface area contributed by atoms with Crippen LogP contribution in [0, 0.1) is 5.92 Å². The van der Waals surface area contributed by atoms with Gasteiger partial charge in [0.1, 0.15) is 5.75 Å². The van der Waals surface area contributed by atoms with Crippen molar-refractivity contribution in [2.75, 3.05) is 26.2 Å². The fourth-order valence-electron chi connectivity index (χ4n) is 2.27. The molecule has 0 aliphatic carbocycles. The molecule has 1 fully saturated rings. The highest BCUT2D eigenvalue weighted by atomic mass is 16.5. The minimum absolute atomic E-state index is 0.0636. The van der Waals surface area contributed by atoms with Gasteiger partial charge in [0.2, 0.25) is 0 Å². The van der Waals surface area contributed by atoms with Crippen LogP contribution in [0.5, 0.6) is 5.75 Å². The summed E-state index contributed by atoms with van der Waals surface area (Å²) in [6.45, 7) is 2.77. The fraction of sp³-hybridized carbons (Fsp3) is 0.312. The topological polar surface area (TPSA) is 50.4 Å². The van der Waals surface area contributed by atoms with Crippen LogP contribution in [0.4, 0.5) is 0 Å². The lowest BCUT2D eigenvalue weighted by Gasteiger charge is -2.27. The number of carbonyl (C=O) groups is 1. The Kier molecular flexibility index (Phi) is 3.83. The highest BCUT2D eigenvalue weighted by Crippen LogP contribution is 2.24. The fourth-order valence-corrected chi connectivity index (χ4v) is 2.27. The second kappa shape index (κ2) is 5.92. The molecule has 1 saturated heterocycles. The molecule has 1 heterocycles. The zero-order valence-corrected chi connectivity index (χ0v) is 11.3. The molecule has 3 rings (SSSR count). The molecule has 0 bridgehead atoms. The Morgan fingerprint density at radius 3 is 2.80 bits per heavy atom. The molecule has 104 valence electrons. The molecular formula is C16H18N2O2. The first-order valence-electron chi connectivity index (χ1n) is 6.91. The van der Waals surface area contributed by atoms with Crippen LogP contribution in [0.15, 0.2) is 42.5 Å². The van der Waals surface area contributed by atoms with Gasteiger partial charge in [-0.25, -0.2) is 0 Å². The summed E-state index contributed by atoms with van der Waals surface area (Å²) in [7, 11) is 0. The van der Waals surface area contributed by atoms with E-state index in [-0.39, 0.29) is 12.5 Å². The summed E-state index contributed by atoms with van der Waals surface area (Å²) < 4.78 is 5.64. The molecule has 4 nitrogen and oxygen atoms in total. The first kappa shape index (κ1) is 12.9. The summed E-state index contributed by atoms with van der Waals surface area (Å²) >= 11 is 0. The van der Waals surface area contributed by atoms with Gasteiger partial charge in [-0.3, -0.25) is 4.79 Å². The van der Waals surface area contributed by atoms with E-state index in [1.807, 2.05) is 42.5 Å². The quantitative estimate of drug-likeness (QED) is 0.867. The van der Waals surface area contributed by atoms with Crippen LogP contribution in [0.3, 0.4) is 0 Å². The van der Waals surface area contributed by atoms with Gasteiger partial charge in [0.25, 0.3) is 5.91 Å². The van der Waals surface area contributed by atoms with E-state index < -0.39 is 0 Å². The largest absolute Gasteiger partial charge is 0.483 e. The molecule has 20 heavy (non-hydrogen) atoms. The molecule has 0 unspecified atom stereocenters. The van der Waals surface area contributed by atoms with Gasteiger partial charge in [-0.2, -0.15) is 0 Å². The second-order valence-electron chi connectivity index (χ2n) is 5.09. The minimum Gasteiger partial charge on any atom is -0.483 e. The highest BCUT2D eigenvalue weighted by Gasteiger charge is 2.17. The summed E-state index contributed by atoms with van der Waals surface area (Å²) in [5.74, 6) is 1.25. The Labute approximate surface area is 118 Å². The lowest BCUT2D eigenvalue weighted by atomic mass is 10.0. The van der Waals surface area contributed by atoms with Crippen LogP contribution < -0.4 is 15.4 Å². The van der Waals surface area contributed by atoms with Crippen molar-refractivity contribution in [2.45, 2.75) is 0 Å². The van der Waals surface area contributed by atoms with Crippen molar-refractivity contribution in [3.05, 3.63) is 42.5 Å². The minimum atomic E-state index is -0.0650. The molecule has 1 aliphatic rings. The molecule has 1 amide bonds. The zero-order chi connectivity index (χ0) is 13.8. The van der Waals surface area contributed by atoms with Gasteiger partial charge in [-0.05, 0) is 11.5 Å². The van der Waals surface area contributed by atoms with E-state index in [0.717, 1.165) is 36.2 Å². The molecule has 1 aliphatic heterocycles. The number of fused-ring (bicyclic) bond motifs is 1. The third-order valence-corrected chi connectivity index (χ3v) is 3.56. The molecule has 0 aromatic heterocycles. The van der Waals surface area contributed by atoms with Crippen molar-refractivity contribution in [3.63, 3.8) is 0 Å². The Bertz CT molecular complexity index is 603. The van der Waals surface area contributed by atoms with Crippen LogP contribution in [0.1, 0.15) is 0 Å². The standard InChI is InChI=1S/C16H18N2O2/c19-16(18-10-12-8-17-9-12)11-20-15-7-3-5-13-4-1-2-6-14(13)15/h1-7,12,17H,8-11H2,(H,18,19). The number of hydrogen-bond donors (Lipinski definition) is 2. The van der Waals surface area contributed by atoms with E-state index in [0.29, 0.717) is 5.92 Å². The van der Waals surface area contributed by atoms with Crippen molar-refractivity contribution in [2.24, 2.45) is 5.92 Å². The highest BCUT2D eigenvalue weighted by molar-refractivity contribution is 5.88. The summed E-state index contributed by atoms with van der Waals surface area (Å²) in [5.41, 5.74) is 0. The van der Waals surface area contributed by atoms with Gasteiger partial charge in [0, 0.05) is 30.9 Å². The van der Waals surface area contributed by atoms with Gasteiger partial charge in [-0.1, -0.05) is 36.4 Å². The van der Waals surface area contributed by atoms with E-state index in [1.165, 1.54) is 0 Å². The summed E-state index contributed by atoms with van der Waals surface area (Å²) in [4.78, 5) is 11.7. The Hall–Kier alpha value is -2.07. The number of carbonyl (C=O) groups excluding carboxylic acids is 1. The molecule has 2 aromatic carbocycles. The zero-order valence-electron chi connectivity index (χ0n) is 11.3. The predicted molar refractivity (Wildman–Crippen MR) is 78.8 cm³/mol. The Morgan fingerprint density at radius 1 is 1.20 bits per heavy atom. The van der Waals surface area contributed by atoms with Crippen molar-refractivity contribution in [3.8, 4) is 5.75 Å². The maximum absolute atomic E-state index is 11.7. The van der Waals surface area contributed by atoms with Crippen molar-refractivity contribution in [1.29, 1.82) is 0 Å². The van der Waals surface area contributed by atoms with Gasteiger partial charge < -0.3 is 15.4 Å². The molecule has 4 heteroatoms. The monoisotopic (exact) mass is 270 g/mol. The third kappa shape index (κ3) is 2.91. The van der Waals surface area contributed by atoms with Gasteiger partial charge in [-0.15, -0.1) is 0 Å². The van der Waals surface area contributed by atoms with Gasteiger partial charge in [0.15, 0.2) is 6.61 Å². The summed E-state index contributed by atoms with van der Waals surface area (Å²) in [6, 6.07) is 13.9. The molecular weight excluding hydrogens is 252 g/mol. The molecule has 0 atom stereocenters. The van der Waals surface area contributed by atoms with Crippen molar-refractivity contribution < 1.29 is 9.53 Å². The predicted octanol–water partition coefficient (Wildman–Crippen LogP) is 1.55. The number of hydrogen-bond acceptors (Lipinski definition) is 3. The Morgan fingerprint density at radius 2 is 2.00 bits per heavy atom. The first-order chi connectivity index (χ1) is 9.83. The maximum Gasteiger partial charge on any atom is 0.257 e. The lowest BCUT2D eigenvalue weighted by molar-refractivity contribution is -0.123. The molecule has 2 aromatic rings. The Balaban J connectivity index is 1.57. The maximum atomic E-state index is 11.7. The summed E-state index contributed by atoms with van der Waals surface area (Å²) in [6.07, 6.45) is 0. The van der Waals surface area contributed by atoms with Crippen LogP contribution in [0.25, 0.3) is 10.8 Å². The average Bonchev–Trinajstić information content (AvgIpc) is 2.43. The van der Waals surface area contributed by atoms with E-state index in [9.17, 15) is 4.79 Å². The SMILES string of the molecule is O=C(COc1cccc2ccccc12)NCC1CNC1. The molecule has 0 saturated carbocycles. The van der Waals surface area contributed by atoms with E-state index in [4.69, 9.17) is 4.74 Å². The molecule has 0 radical (unpaired) electrons. The van der Waals surface area contributed by atoms with Crippen LogP contribution in [0.2, 0.25) is 0 Å². The average molecular weight is 270 g/mol. The third-order valence-electron chi connectivity index (χ3n) is 3.56. The van der Waals surface area contributed by atoms with E-state index in [2.05, 4.69) is 10.6 Å². The van der Waals surface area contributed by atoms with Gasteiger partial charge in [0.05, 0.1) is 0 Å². The van der Waals surface area contributed by atoms with Gasteiger partial charge >= 0.3 is 0 Å². The van der Waals surface area contributed by atoms with Crippen LogP contribution in [-0.4, -0.2) is 32.1 Å². The number of rotatable bonds is 5.